The number of aromatic nitrogens is 1. The van der Waals surface area contributed by atoms with Crippen molar-refractivity contribution in [1.29, 1.82) is 0 Å². The van der Waals surface area contributed by atoms with Crippen LogP contribution in [0.15, 0.2) is 32.3 Å². The molecule has 14 heavy (non-hydrogen) atoms. The molecule has 0 aliphatic heterocycles. The number of oxazole rings is 1. The second-order valence-electron chi connectivity index (χ2n) is 2.53. The van der Waals surface area contributed by atoms with E-state index in [1.54, 1.807) is 0 Å². The SMILES string of the molecule is O=S(=O)(Cl)c1ccc2nc(Br)oc2c1. The highest BCUT2D eigenvalue weighted by Gasteiger charge is 2.12. The third kappa shape index (κ3) is 1.77. The van der Waals surface area contributed by atoms with Gasteiger partial charge in [-0.2, -0.15) is 0 Å². The van der Waals surface area contributed by atoms with Crippen LogP contribution in [0.3, 0.4) is 0 Å². The van der Waals surface area contributed by atoms with E-state index in [-0.39, 0.29) is 4.90 Å². The molecule has 2 aromatic rings. The van der Waals surface area contributed by atoms with Crippen LogP contribution in [0.25, 0.3) is 11.1 Å². The highest BCUT2D eigenvalue weighted by atomic mass is 79.9. The normalized spacial score (nSPS) is 12.1. The predicted octanol–water partition coefficient (Wildman–Crippen LogP) is 2.52. The van der Waals surface area contributed by atoms with Gasteiger partial charge >= 0.3 is 0 Å². The van der Waals surface area contributed by atoms with Crippen molar-refractivity contribution in [3.05, 3.63) is 23.0 Å². The molecule has 0 amide bonds. The lowest BCUT2D eigenvalue weighted by atomic mass is 10.3. The topological polar surface area (TPSA) is 60.2 Å². The lowest BCUT2D eigenvalue weighted by Crippen LogP contribution is -1.88. The molecule has 74 valence electrons. The molecule has 0 aliphatic rings. The molecular formula is C7H3BrClNO3S. The fraction of sp³-hybridized carbons (Fsp3) is 0. The van der Waals surface area contributed by atoms with Gasteiger partial charge in [-0.1, -0.05) is 0 Å². The van der Waals surface area contributed by atoms with Gasteiger partial charge in [0.25, 0.3) is 13.9 Å². The predicted molar refractivity (Wildman–Crippen MR) is 54.7 cm³/mol. The van der Waals surface area contributed by atoms with E-state index in [0.29, 0.717) is 15.9 Å². The van der Waals surface area contributed by atoms with E-state index in [1.165, 1.54) is 18.2 Å². The molecule has 0 radical (unpaired) electrons. The standard InChI is InChI=1S/C7H3BrClNO3S/c8-7-10-5-2-1-4(14(9,11)12)3-6(5)13-7/h1-3H. The van der Waals surface area contributed by atoms with Crippen LogP contribution in [-0.2, 0) is 9.05 Å². The molecule has 1 aromatic heterocycles. The average molecular weight is 297 g/mol. The summed E-state index contributed by atoms with van der Waals surface area (Å²) < 4.78 is 27.0. The van der Waals surface area contributed by atoms with Crippen LogP contribution < -0.4 is 0 Å². The van der Waals surface area contributed by atoms with E-state index in [0.717, 1.165) is 0 Å². The summed E-state index contributed by atoms with van der Waals surface area (Å²) in [6, 6.07) is 4.23. The molecule has 0 spiro atoms. The highest BCUT2D eigenvalue weighted by molar-refractivity contribution is 9.10. The van der Waals surface area contributed by atoms with Crippen molar-refractivity contribution in [2.75, 3.05) is 0 Å². The van der Waals surface area contributed by atoms with Gasteiger partial charge in [-0.15, -0.1) is 0 Å². The first-order chi connectivity index (χ1) is 6.47. The minimum Gasteiger partial charge on any atom is -0.431 e. The van der Waals surface area contributed by atoms with E-state index in [9.17, 15) is 8.42 Å². The number of hydrogen-bond donors (Lipinski definition) is 0. The Morgan fingerprint density at radius 1 is 1.43 bits per heavy atom. The Kier molecular flexibility index (Phi) is 2.29. The first kappa shape index (κ1) is 9.95. The molecule has 0 saturated heterocycles. The van der Waals surface area contributed by atoms with E-state index in [4.69, 9.17) is 15.1 Å². The maximum absolute atomic E-state index is 11.0. The van der Waals surface area contributed by atoms with Crippen molar-refractivity contribution in [2.24, 2.45) is 0 Å². The van der Waals surface area contributed by atoms with E-state index in [1.807, 2.05) is 0 Å². The fourth-order valence-corrected chi connectivity index (χ4v) is 2.16. The van der Waals surface area contributed by atoms with Crippen molar-refractivity contribution in [3.8, 4) is 0 Å². The van der Waals surface area contributed by atoms with Gasteiger partial charge in [0.05, 0.1) is 4.90 Å². The second kappa shape index (κ2) is 3.22. The molecule has 1 aromatic carbocycles. The van der Waals surface area contributed by atoms with Gasteiger partial charge in [0.15, 0.2) is 5.58 Å². The molecule has 0 atom stereocenters. The molecule has 0 N–H and O–H groups in total. The van der Waals surface area contributed by atoms with Gasteiger partial charge in [-0.3, -0.25) is 0 Å². The molecule has 0 saturated carbocycles. The number of benzene rings is 1. The van der Waals surface area contributed by atoms with Gasteiger partial charge in [-0.05, 0) is 12.1 Å². The molecule has 0 unspecified atom stereocenters. The third-order valence-electron chi connectivity index (χ3n) is 1.62. The van der Waals surface area contributed by atoms with E-state index in [2.05, 4.69) is 20.9 Å². The Morgan fingerprint density at radius 3 is 2.79 bits per heavy atom. The highest BCUT2D eigenvalue weighted by Crippen LogP contribution is 2.24. The maximum Gasteiger partial charge on any atom is 0.265 e. The minimum absolute atomic E-state index is 0.00434. The van der Waals surface area contributed by atoms with Crippen LogP contribution in [-0.4, -0.2) is 13.4 Å². The molecule has 1 heterocycles. The largest absolute Gasteiger partial charge is 0.431 e. The number of halogens is 2. The molecular weight excluding hydrogens is 294 g/mol. The van der Waals surface area contributed by atoms with Gasteiger partial charge in [0, 0.05) is 32.7 Å². The van der Waals surface area contributed by atoms with Crippen LogP contribution in [0.5, 0.6) is 0 Å². The van der Waals surface area contributed by atoms with Crippen LogP contribution in [0.2, 0.25) is 0 Å². The number of hydrogen-bond acceptors (Lipinski definition) is 4. The van der Waals surface area contributed by atoms with Crippen molar-refractivity contribution in [3.63, 3.8) is 0 Å². The number of rotatable bonds is 1. The third-order valence-corrected chi connectivity index (χ3v) is 3.31. The summed E-state index contributed by atoms with van der Waals surface area (Å²) in [6.07, 6.45) is 0. The van der Waals surface area contributed by atoms with Gasteiger partial charge in [0.1, 0.15) is 5.52 Å². The maximum atomic E-state index is 11.0. The Bertz CT molecular complexity index is 592. The summed E-state index contributed by atoms with van der Waals surface area (Å²) >= 11 is 3.04. The lowest BCUT2D eigenvalue weighted by Gasteiger charge is -1.93. The molecule has 0 aliphatic carbocycles. The molecule has 2 rings (SSSR count). The zero-order chi connectivity index (χ0) is 10.3. The molecule has 7 heteroatoms. The van der Waals surface area contributed by atoms with E-state index >= 15 is 0 Å². The first-order valence-corrected chi connectivity index (χ1v) is 6.58. The van der Waals surface area contributed by atoms with Crippen molar-refractivity contribution in [1.82, 2.24) is 4.98 Å². The van der Waals surface area contributed by atoms with Crippen molar-refractivity contribution in [2.45, 2.75) is 4.90 Å². The smallest absolute Gasteiger partial charge is 0.265 e. The molecule has 4 nitrogen and oxygen atoms in total. The van der Waals surface area contributed by atoms with Gasteiger partial charge < -0.3 is 4.42 Å². The molecule has 0 fully saturated rings. The summed E-state index contributed by atoms with van der Waals surface area (Å²) in [5, 5.41) is 0. The van der Waals surface area contributed by atoms with Gasteiger partial charge in [0.2, 0.25) is 0 Å². The van der Waals surface area contributed by atoms with E-state index < -0.39 is 9.05 Å². The summed E-state index contributed by atoms with van der Waals surface area (Å²) in [5.41, 5.74) is 0.944. The van der Waals surface area contributed by atoms with Crippen LogP contribution in [0, 0.1) is 0 Å². The zero-order valence-electron chi connectivity index (χ0n) is 6.57. The summed E-state index contributed by atoms with van der Waals surface area (Å²) in [5.74, 6) is 0. The average Bonchev–Trinajstić information content (AvgIpc) is 2.41. The zero-order valence-corrected chi connectivity index (χ0v) is 9.73. The first-order valence-electron chi connectivity index (χ1n) is 3.47. The minimum atomic E-state index is -3.72. The van der Waals surface area contributed by atoms with Gasteiger partial charge in [-0.25, -0.2) is 13.4 Å². The Balaban J connectivity index is 2.74. The second-order valence-corrected chi connectivity index (χ2v) is 5.78. The van der Waals surface area contributed by atoms with Crippen molar-refractivity contribution >= 4 is 46.8 Å². The van der Waals surface area contributed by atoms with Crippen molar-refractivity contribution < 1.29 is 12.8 Å². The fourth-order valence-electron chi connectivity index (χ4n) is 1.03. The summed E-state index contributed by atoms with van der Waals surface area (Å²) in [6.45, 7) is 0. The summed E-state index contributed by atoms with van der Waals surface area (Å²) in [7, 11) is 1.45. The molecule has 0 bridgehead atoms. The number of fused-ring (bicyclic) bond motifs is 1. The monoisotopic (exact) mass is 295 g/mol. The lowest BCUT2D eigenvalue weighted by molar-refractivity contribution is 0.569. The Labute approximate surface area is 92.4 Å². The van der Waals surface area contributed by atoms with Crippen LogP contribution in [0.4, 0.5) is 0 Å². The Morgan fingerprint density at radius 2 is 2.14 bits per heavy atom. The number of nitrogens with zero attached hydrogens (tertiary/aromatic N) is 1. The quantitative estimate of drug-likeness (QED) is 0.759. The Hall–Kier alpha value is -0.590. The van der Waals surface area contributed by atoms with Crippen LogP contribution in [0.1, 0.15) is 0 Å². The van der Waals surface area contributed by atoms with Crippen LogP contribution >= 0.6 is 26.6 Å². The summed E-state index contributed by atoms with van der Waals surface area (Å²) in [4.78, 5) is 4.25.